The number of aliphatic hydroxyl groups is 1. The van der Waals surface area contributed by atoms with Crippen molar-refractivity contribution in [3.05, 3.63) is 59.2 Å². The number of allylic oxidation sites excluding steroid dienone is 2. The number of halogens is 4. The molecule has 1 aromatic carbocycles. The lowest BCUT2D eigenvalue weighted by Gasteiger charge is -2.34. The third-order valence-electron chi connectivity index (χ3n) is 3.09. The van der Waals surface area contributed by atoms with Crippen molar-refractivity contribution in [1.82, 2.24) is 0 Å². The molecule has 2 atom stereocenters. The molecule has 0 aliphatic heterocycles. The number of carbonyl (C=O) groups is 1. The topological polar surface area (TPSA) is 37.3 Å². The second-order valence-electron chi connectivity index (χ2n) is 4.42. The molecule has 1 aliphatic rings. The first-order valence-corrected chi connectivity index (χ1v) is 6.08. The van der Waals surface area contributed by atoms with E-state index in [9.17, 15) is 23.1 Å². The Morgan fingerprint density at radius 3 is 2.40 bits per heavy atom. The Kier molecular flexibility index (Phi) is 3.75. The van der Waals surface area contributed by atoms with Crippen molar-refractivity contribution in [3.8, 4) is 0 Å². The second kappa shape index (κ2) is 5.07. The van der Waals surface area contributed by atoms with Gasteiger partial charge in [0.15, 0.2) is 11.4 Å². The lowest BCUT2D eigenvalue weighted by atomic mass is 9.78. The predicted octanol–water partition coefficient (Wildman–Crippen LogP) is 3.47. The van der Waals surface area contributed by atoms with Crippen LogP contribution in [0.4, 0.5) is 13.2 Å². The van der Waals surface area contributed by atoms with Gasteiger partial charge >= 0.3 is 6.18 Å². The summed E-state index contributed by atoms with van der Waals surface area (Å²) in [4.78, 5) is 12.2. The Labute approximate surface area is 118 Å². The lowest BCUT2D eigenvalue weighted by molar-refractivity contribution is -0.247. The second-order valence-corrected chi connectivity index (χ2v) is 4.85. The highest BCUT2D eigenvalue weighted by Gasteiger charge is 2.59. The summed E-state index contributed by atoms with van der Waals surface area (Å²) in [5, 5.41) is 9.86. The van der Waals surface area contributed by atoms with Crippen LogP contribution >= 0.6 is 11.6 Å². The van der Waals surface area contributed by atoms with E-state index in [1.807, 2.05) is 0 Å². The van der Waals surface area contributed by atoms with Crippen molar-refractivity contribution >= 4 is 17.4 Å². The van der Waals surface area contributed by atoms with E-state index in [2.05, 4.69) is 0 Å². The molecular formula is C14H10ClF3O2. The number of hydrogen-bond donors (Lipinski definition) is 1. The first-order chi connectivity index (χ1) is 9.25. The number of hydrogen-bond acceptors (Lipinski definition) is 2. The van der Waals surface area contributed by atoms with E-state index in [1.165, 1.54) is 24.3 Å². The van der Waals surface area contributed by atoms with Gasteiger partial charge in [-0.05, 0) is 12.2 Å². The molecule has 2 unspecified atom stereocenters. The summed E-state index contributed by atoms with van der Waals surface area (Å²) in [5.74, 6) is -2.64. The van der Waals surface area contributed by atoms with Crippen molar-refractivity contribution in [2.45, 2.75) is 11.8 Å². The maximum Gasteiger partial charge on any atom is 0.421 e. The van der Waals surface area contributed by atoms with Crippen LogP contribution in [0, 0.1) is 5.92 Å². The molecule has 106 valence electrons. The van der Waals surface area contributed by atoms with Crippen LogP contribution in [-0.2, 0) is 0 Å². The lowest BCUT2D eigenvalue weighted by Crippen LogP contribution is -2.52. The van der Waals surface area contributed by atoms with E-state index >= 15 is 0 Å². The Hall–Kier alpha value is -1.59. The minimum atomic E-state index is -4.98. The molecule has 1 N–H and O–H groups in total. The van der Waals surface area contributed by atoms with Crippen LogP contribution in [0.1, 0.15) is 10.4 Å². The van der Waals surface area contributed by atoms with Gasteiger partial charge in [0.05, 0.1) is 5.92 Å². The molecule has 0 fully saturated rings. The zero-order valence-electron chi connectivity index (χ0n) is 10.1. The van der Waals surface area contributed by atoms with Crippen molar-refractivity contribution in [3.63, 3.8) is 0 Å². The average molecular weight is 303 g/mol. The molecule has 0 bridgehead atoms. The van der Waals surface area contributed by atoms with Gasteiger partial charge in [0.25, 0.3) is 0 Å². The zero-order chi connectivity index (χ0) is 15.0. The average Bonchev–Trinajstić information content (AvgIpc) is 2.40. The van der Waals surface area contributed by atoms with Crippen LogP contribution in [0.25, 0.3) is 0 Å². The fourth-order valence-corrected chi connectivity index (χ4v) is 2.17. The fourth-order valence-electron chi connectivity index (χ4n) is 1.98. The van der Waals surface area contributed by atoms with Crippen molar-refractivity contribution in [1.29, 1.82) is 0 Å². The molecule has 0 spiro atoms. The number of alkyl halides is 3. The number of Topliss-reactive ketones (excluding diaryl/α,β-unsaturated/α-hetero) is 1. The highest BCUT2D eigenvalue weighted by Crippen LogP contribution is 2.42. The van der Waals surface area contributed by atoms with Gasteiger partial charge in [-0.2, -0.15) is 13.2 Å². The predicted molar refractivity (Wildman–Crippen MR) is 68.3 cm³/mol. The van der Waals surface area contributed by atoms with Crippen LogP contribution in [0.3, 0.4) is 0 Å². The van der Waals surface area contributed by atoms with E-state index in [0.29, 0.717) is 6.08 Å². The molecule has 6 heteroatoms. The summed E-state index contributed by atoms with van der Waals surface area (Å²) < 4.78 is 39.2. The number of rotatable bonds is 2. The van der Waals surface area contributed by atoms with Crippen molar-refractivity contribution in [2.75, 3.05) is 0 Å². The molecular weight excluding hydrogens is 293 g/mol. The minimum absolute atomic E-state index is 0.0202. The number of ketones is 1. The fraction of sp³-hybridized carbons (Fsp3) is 0.214. The summed E-state index contributed by atoms with van der Waals surface area (Å²) in [6.07, 6.45) is -2.61. The SMILES string of the molecule is O=C(c1ccccc1)C1C=C(Cl)C=CC1(O)C(F)(F)F. The van der Waals surface area contributed by atoms with E-state index in [1.54, 1.807) is 6.07 Å². The first kappa shape index (κ1) is 14.8. The summed E-state index contributed by atoms with van der Waals surface area (Å²) in [5.41, 5.74) is -3.17. The van der Waals surface area contributed by atoms with Crippen molar-refractivity contribution < 1.29 is 23.1 Å². The van der Waals surface area contributed by atoms with E-state index < -0.39 is 23.5 Å². The normalized spacial score (nSPS) is 26.2. The Bertz CT molecular complexity index is 578. The maximum atomic E-state index is 13.1. The molecule has 2 rings (SSSR count). The molecule has 0 heterocycles. The maximum absolute atomic E-state index is 13.1. The van der Waals surface area contributed by atoms with Crippen LogP contribution in [0.5, 0.6) is 0 Å². The molecule has 0 saturated heterocycles. The summed E-state index contributed by atoms with van der Waals surface area (Å²) in [6, 6.07) is 7.47. The van der Waals surface area contributed by atoms with Crippen LogP contribution in [0.15, 0.2) is 53.6 Å². The molecule has 0 saturated carbocycles. The standard InChI is InChI=1S/C14H10ClF3O2/c15-10-6-7-13(20,14(16,17)18)11(8-10)12(19)9-4-2-1-3-5-9/h1-8,11,20H. The van der Waals surface area contributed by atoms with Gasteiger partial charge in [0.2, 0.25) is 0 Å². The third kappa shape index (κ3) is 2.51. The monoisotopic (exact) mass is 302 g/mol. The van der Waals surface area contributed by atoms with Gasteiger partial charge in [-0.25, -0.2) is 0 Å². The highest BCUT2D eigenvalue weighted by atomic mass is 35.5. The van der Waals surface area contributed by atoms with Crippen LogP contribution in [0.2, 0.25) is 0 Å². The number of carbonyl (C=O) groups excluding carboxylic acids is 1. The summed E-state index contributed by atoms with van der Waals surface area (Å²) in [6.45, 7) is 0. The molecule has 0 amide bonds. The quantitative estimate of drug-likeness (QED) is 0.849. The van der Waals surface area contributed by atoms with Gasteiger partial charge in [-0.1, -0.05) is 48.0 Å². The molecule has 2 nitrogen and oxygen atoms in total. The Balaban J connectivity index is 2.46. The first-order valence-electron chi connectivity index (χ1n) is 5.70. The Morgan fingerprint density at radius 1 is 1.25 bits per heavy atom. The molecule has 1 aliphatic carbocycles. The van der Waals surface area contributed by atoms with Gasteiger partial charge in [-0.15, -0.1) is 0 Å². The van der Waals surface area contributed by atoms with Gasteiger partial charge in [-0.3, -0.25) is 4.79 Å². The molecule has 20 heavy (non-hydrogen) atoms. The van der Waals surface area contributed by atoms with Gasteiger partial charge < -0.3 is 5.11 Å². The highest BCUT2D eigenvalue weighted by molar-refractivity contribution is 6.31. The van der Waals surface area contributed by atoms with Crippen LogP contribution in [-0.4, -0.2) is 22.7 Å². The van der Waals surface area contributed by atoms with E-state index in [0.717, 1.165) is 12.2 Å². The smallest absolute Gasteiger partial charge is 0.376 e. The van der Waals surface area contributed by atoms with Gasteiger partial charge in [0.1, 0.15) is 0 Å². The summed E-state index contributed by atoms with van der Waals surface area (Å²) >= 11 is 5.66. The zero-order valence-corrected chi connectivity index (χ0v) is 10.8. The Morgan fingerprint density at radius 2 is 1.85 bits per heavy atom. The molecule has 0 aromatic heterocycles. The number of benzene rings is 1. The largest absolute Gasteiger partial charge is 0.421 e. The van der Waals surface area contributed by atoms with Gasteiger partial charge in [0, 0.05) is 10.6 Å². The molecule has 0 radical (unpaired) electrons. The van der Waals surface area contributed by atoms with Crippen molar-refractivity contribution in [2.24, 2.45) is 5.92 Å². The van der Waals surface area contributed by atoms with E-state index in [-0.39, 0.29) is 10.6 Å². The summed E-state index contributed by atoms with van der Waals surface area (Å²) in [7, 11) is 0. The van der Waals surface area contributed by atoms with Crippen LogP contribution < -0.4 is 0 Å². The third-order valence-corrected chi connectivity index (χ3v) is 3.34. The van der Waals surface area contributed by atoms with E-state index in [4.69, 9.17) is 11.6 Å². The molecule has 1 aromatic rings. The minimum Gasteiger partial charge on any atom is -0.376 e.